The van der Waals surface area contributed by atoms with Gasteiger partial charge in [0.1, 0.15) is 4.88 Å². The molecule has 0 radical (unpaired) electrons. The number of fused-ring (bicyclic) bond motifs is 1. The summed E-state index contributed by atoms with van der Waals surface area (Å²) in [4.78, 5) is 37.9. The Hall–Kier alpha value is -2.57. The van der Waals surface area contributed by atoms with Crippen LogP contribution in [0.2, 0.25) is 0 Å². The first-order valence-corrected chi connectivity index (χ1v) is 10.5. The number of amides is 1. The molecule has 27 heavy (non-hydrogen) atoms. The Morgan fingerprint density at radius 2 is 1.96 bits per heavy atom. The second kappa shape index (κ2) is 7.98. The summed E-state index contributed by atoms with van der Waals surface area (Å²) in [5.41, 5.74) is 0.718. The maximum Gasteiger partial charge on any atom is 0.324 e. The number of benzene rings is 1. The van der Waals surface area contributed by atoms with Crippen molar-refractivity contribution in [2.75, 3.05) is 12.0 Å². The standard InChI is InChI=1S/C15H12N4O5S3/c1-25-7-6-17-10-3-2-9(18(21)22)8-12(10)27-15(17)16-14(20)11-4-5-13(26-11)19(23)24/h2-5,8H,6-7H2,1H3. The summed E-state index contributed by atoms with van der Waals surface area (Å²) in [6, 6.07) is 7.15. The quantitative estimate of drug-likeness (QED) is 0.439. The Morgan fingerprint density at radius 3 is 2.59 bits per heavy atom. The molecule has 3 rings (SSSR count). The number of hydrogen-bond donors (Lipinski definition) is 0. The second-order valence-corrected chi connectivity index (χ2v) is 8.31. The molecule has 140 valence electrons. The number of carbonyl (C=O) groups excluding carboxylic acids is 1. The lowest BCUT2D eigenvalue weighted by Gasteiger charge is -2.03. The Morgan fingerprint density at radius 1 is 1.19 bits per heavy atom. The molecular formula is C15H12N4O5S3. The van der Waals surface area contributed by atoms with Gasteiger partial charge in [-0.3, -0.25) is 25.0 Å². The predicted octanol–water partition coefficient (Wildman–Crippen LogP) is 3.68. The number of hydrogen-bond acceptors (Lipinski definition) is 8. The van der Waals surface area contributed by atoms with E-state index in [1.165, 1.54) is 35.6 Å². The van der Waals surface area contributed by atoms with E-state index >= 15 is 0 Å². The summed E-state index contributed by atoms with van der Waals surface area (Å²) in [5.74, 6) is 0.196. The molecule has 0 unspecified atom stereocenters. The first-order valence-electron chi connectivity index (χ1n) is 7.50. The number of non-ortho nitro benzene ring substituents is 1. The number of nitrogens with zero attached hydrogens (tertiary/aromatic N) is 4. The molecule has 0 saturated carbocycles. The van der Waals surface area contributed by atoms with Crippen LogP contribution in [0, 0.1) is 20.2 Å². The van der Waals surface area contributed by atoms with Crippen LogP contribution in [-0.2, 0) is 6.54 Å². The van der Waals surface area contributed by atoms with E-state index in [1.54, 1.807) is 17.8 Å². The van der Waals surface area contributed by atoms with Crippen molar-refractivity contribution in [2.45, 2.75) is 6.54 Å². The second-order valence-electron chi connectivity index (χ2n) is 5.25. The Kier molecular flexibility index (Phi) is 5.68. The van der Waals surface area contributed by atoms with Crippen LogP contribution in [0.3, 0.4) is 0 Å². The number of thiophene rings is 1. The molecule has 1 amide bonds. The first kappa shape index (κ1) is 19.2. The fourth-order valence-electron chi connectivity index (χ4n) is 2.34. The summed E-state index contributed by atoms with van der Waals surface area (Å²) < 4.78 is 2.48. The van der Waals surface area contributed by atoms with Gasteiger partial charge in [-0.2, -0.15) is 16.8 Å². The van der Waals surface area contributed by atoms with Gasteiger partial charge in [0.15, 0.2) is 4.80 Å². The molecule has 0 atom stereocenters. The summed E-state index contributed by atoms with van der Waals surface area (Å²) in [7, 11) is 0. The van der Waals surface area contributed by atoms with Crippen molar-refractivity contribution in [1.29, 1.82) is 0 Å². The van der Waals surface area contributed by atoms with E-state index in [2.05, 4.69) is 4.99 Å². The SMILES string of the molecule is CSCCn1c(=NC(=O)c2ccc([N+](=O)[O-])s2)sc2cc([N+](=O)[O-])ccc21. The number of aryl methyl sites for hydroxylation is 1. The molecule has 0 N–H and O–H groups in total. The summed E-state index contributed by atoms with van der Waals surface area (Å²) in [5, 5.41) is 21.7. The van der Waals surface area contributed by atoms with E-state index in [-0.39, 0.29) is 15.6 Å². The minimum absolute atomic E-state index is 0.0347. The Balaban J connectivity index is 2.09. The normalized spacial score (nSPS) is 11.8. The number of thioether (sulfide) groups is 1. The fourth-order valence-corrected chi connectivity index (χ4v) is 4.50. The Bertz CT molecular complexity index is 1110. The third kappa shape index (κ3) is 4.07. The average molecular weight is 424 g/mol. The number of nitro benzene ring substituents is 1. The highest BCUT2D eigenvalue weighted by Crippen LogP contribution is 2.26. The number of carbonyl (C=O) groups is 1. The minimum Gasteiger partial charge on any atom is -0.315 e. The van der Waals surface area contributed by atoms with Crippen molar-refractivity contribution in [2.24, 2.45) is 4.99 Å². The van der Waals surface area contributed by atoms with Crippen molar-refractivity contribution in [3.05, 3.63) is 60.2 Å². The third-order valence-electron chi connectivity index (χ3n) is 3.58. The number of aromatic nitrogens is 1. The molecule has 0 bridgehead atoms. The van der Waals surface area contributed by atoms with Crippen molar-refractivity contribution >= 4 is 61.2 Å². The van der Waals surface area contributed by atoms with Gasteiger partial charge in [-0.05, 0) is 18.4 Å². The highest BCUT2D eigenvalue weighted by molar-refractivity contribution is 7.98. The van der Waals surface area contributed by atoms with Crippen LogP contribution in [0.5, 0.6) is 0 Å². The monoisotopic (exact) mass is 424 g/mol. The molecule has 0 aliphatic heterocycles. The van der Waals surface area contributed by atoms with Gasteiger partial charge in [0.25, 0.3) is 11.6 Å². The lowest BCUT2D eigenvalue weighted by atomic mass is 10.3. The maximum atomic E-state index is 12.4. The van der Waals surface area contributed by atoms with Crippen LogP contribution < -0.4 is 4.80 Å². The van der Waals surface area contributed by atoms with Crippen LogP contribution in [0.1, 0.15) is 9.67 Å². The molecular weight excluding hydrogens is 412 g/mol. The van der Waals surface area contributed by atoms with Crippen molar-refractivity contribution < 1.29 is 14.6 Å². The maximum absolute atomic E-state index is 12.4. The summed E-state index contributed by atoms with van der Waals surface area (Å²) in [6.07, 6.45) is 1.95. The fraction of sp³-hybridized carbons (Fsp3) is 0.200. The van der Waals surface area contributed by atoms with Gasteiger partial charge >= 0.3 is 5.00 Å². The molecule has 9 nitrogen and oxygen atoms in total. The van der Waals surface area contributed by atoms with Crippen molar-refractivity contribution in [3.63, 3.8) is 0 Å². The Labute approximate surface area is 164 Å². The highest BCUT2D eigenvalue weighted by Gasteiger charge is 2.16. The number of nitro groups is 2. The van der Waals surface area contributed by atoms with E-state index in [1.807, 2.05) is 10.8 Å². The van der Waals surface area contributed by atoms with Crippen molar-refractivity contribution in [3.8, 4) is 0 Å². The van der Waals surface area contributed by atoms with Crippen LogP contribution in [-0.4, -0.2) is 32.3 Å². The van der Waals surface area contributed by atoms with Gasteiger partial charge in [-0.15, -0.1) is 0 Å². The molecule has 12 heteroatoms. The zero-order chi connectivity index (χ0) is 19.6. The van der Waals surface area contributed by atoms with Gasteiger partial charge < -0.3 is 4.57 Å². The zero-order valence-corrected chi connectivity index (χ0v) is 16.3. The topological polar surface area (TPSA) is 121 Å². The lowest BCUT2D eigenvalue weighted by Crippen LogP contribution is -2.18. The largest absolute Gasteiger partial charge is 0.324 e. The van der Waals surface area contributed by atoms with Gasteiger partial charge in [-0.1, -0.05) is 22.7 Å². The van der Waals surface area contributed by atoms with Gasteiger partial charge in [0, 0.05) is 30.5 Å². The van der Waals surface area contributed by atoms with E-state index < -0.39 is 15.8 Å². The van der Waals surface area contributed by atoms with E-state index in [9.17, 15) is 25.0 Å². The van der Waals surface area contributed by atoms with Crippen molar-refractivity contribution in [1.82, 2.24) is 4.57 Å². The summed E-state index contributed by atoms with van der Waals surface area (Å²) >= 11 is 3.56. The van der Waals surface area contributed by atoms with E-state index in [4.69, 9.17) is 0 Å². The van der Waals surface area contributed by atoms with Crippen LogP contribution in [0.15, 0.2) is 35.3 Å². The van der Waals surface area contributed by atoms with Gasteiger partial charge in [0.2, 0.25) is 0 Å². The molecule has 0 aliphatic rings. The third-order valence-corrected chi connectivity index (χ3v) is 6.23. The predicted molar refractivity (Wildman–Crippen MR) is 106 cm³/mol. The molecule has 0 aliphatic carbocycles. The zero-order valence-electron chi connectivity index (χ0n) is 13.9. The average Bonchev–Trinajstić information content (AvgIpc) is 3.24. The molecule has 0 fully saturated rings. The van der Waals surface area contributed by atoms with Crippen LogP contribution >= 0.6 is 34.4 Å². The molecule has 0 saturated heterocycles. The summed E-state index contributed by atoms with van der Waals surface area (Å²) in [6.45, 7) is 0.579. The molecule has 1 aromatic carbocycles. The molecule has 3 aromatic rings. The number of rotatable bonds is 6. The molecule has 0 spiro atoms. The van der Waals surface area contributed by atoms with Crippen LogP contribution in [0.25, 0.3) is 10.2 Å². The van der Waals surface area contributed by atoms with Gasteiger partial charge in [0.05, 0.1) is 20.1 Å². The smallest absolute Gasteiger partial charge is 0.315 e. The van der Waals surface area contributed by atoms with Gasteiger partial charge in [-0.25, -0.2) is 0 Å². The van der Waals surface area contributed by atoms with Crippen LogP contribution in [0.4, 0.5) is 10.7 Å². The lowest BCUT2D eigenvalue weighted by molar-refractivity contribution is -0.384. The number of thiazole rings is 1. The van der Waals surface area contributed by atoms with E-state index in [0.29, 0.717) is 16.0 Å². The first-order chi connectivity index (χ1) is 12.9. The molecule has 2 aromatic heterocycles. The molecule has 2 heterocycles. The van der Waals surface area contributed by atoms with E-state index in [0.717, 1.165) is 22.6 Å². The minimum atomic E-state index is -0.577. The highest BCUT2D eigenvalue weighted by atomic mass is 32.2.